The molecule has 1 atom stereocenters. The lowest BCUT2D eigenvalue weighted by molar-refractivity contribution is -0.145. The molecule has 0 bridgehead atoms. The van der Waals surface area contributed by atoms with Gasteiger partial charge in [0.2, 0.25) is 11.8 Å². The lowest BCUT2D eigenvalue weighted by Gasteiger charge is -2.20. The van der Waals surface area contributed by atoms with Crippen LogP contribution in [0.3, 0.4) is 0 Å². The zero-order valence-corrected chi connectivity index (χ0v) is 13.9. The van der Waals surface area contributed by atoms with Crippen LogP contribution in [0.25, 0.3) is 0 Å². The molecule has 0 saturated carbocycles. The van der Waals surface area contributed by atoms with Gasteiger partial charge in [-0.25, -0.2) is 4.79 Å². The van der Waals surface area contributed by atoms with E-state index in [1.54, 1.807) is 6.07 Å². The predicted molar refractivity (Wildman–Crippen MR) is 86.6 cm³/mol. The number of ether oxygens (including phenoxy) is 1. The molecule has 2 amide bonds. The van der Waals surface area contributed by atoms with E-state index in [1.165, 1.54) is 19.1 Å². The Kier molecular flexibility index (Phi) is 6.50. The fourth-order valence-electron chi connectivity index (χ4n) is 2.00. The molecule has 124 valence electrons. The molecule has 0 saturated heterocycles. The van der Waals surface area contributed by atoms with Crippen LogP contribution in [0.15, 0.2) is 30.9 Å². The molecule has 1 unspecified atom stereocenters. The van der Waals surface area contributed by atoms with Crippen molar-refractivity contribution in [2.45, 2.75) is 19.9 Å². The molecular weight excluding hydrogens is 296 g/mol. The molecule has 0 radical (unpaired) electrons. The molecule has 0 fully saturated rings. The Morgan fingerprint density at radius 3 is 2.48 bits per heavy atom. The number of esters is 1. The second-order valence-corrected chi connectivity index (χ2v) is 5.27. The highest BCUT2D eigenvalue weighted by atomic mass is 16.5. The van der Waals surface area contributed by atoms with E-state index in [2.05, 4.69) is 11.9 Å². The first-order valence-corrected chi connectivity index (χ1v) is 7.12. The molecule has 23 heavy (non-hydrogen) atoms. The summed E-state index contributed by atoms with van der Waals surface area (Å²) >= 11 is 0. The molecule has 6 nitrogen and oxygen atoms in total. The molecule has 0 aliphatic carbocycles. The van der Waals surface area contributed by atoms with Crippen LogP contribution in [0.5, 0.6) is 0 Å². The van der Waals surface area contributed by atoms with Crippen LogP contribution in [0, 0.1) is 13.8 Å². The highest BCUT2D eigenvalue weighted by molar-refractivity contribution is 5.92. The predicted octanol–water partition coefficient (Wildman–Crippen LogP) is 1.28. The van der Waals surface area contributed by atoms with Gasteiger partial charge in [-0.05, 0) is 36.6 Å². The van der Waals surface area contributed by atoms with E-state index < -0.39 is 17.9 Å². The SMILES string of the molecule is C=CC(=O)N(C)CC(=O)NC(C(=O)OC)c1ccc(C)c(C)c1. The Bertz CT molecular complexity index is 625. The molecule has 1 aromatic rings. The van der Waals surface area contributed by atoms with Gasteiger partial charge >= 0.3 is 5.97 Å². The van der Waals surface area contributed by atoms with E-state index in [4.69, 9.17) is 4.74 Å². The van der Waals surface area contributed by atoms with Crippen molar-refractivity contribution in [3.8, 4) is 0 Å². The molecule has 0 heterocycles. The van der Waals surface area contributed by atoms with E-state index >= 15 is 0 Å². The first kappa shape index (κ1) is 18.4. The molecule has 1 aromatic carbocycles. The van der Waals surface area contributed by atoms with Crippen LogP contribution in [0.4, 0.5) is 0 Å². The number of nitrogens with one attached hydrogen (secondary N) is 1. The number of benzene rings is 1. The number of likely N-dealkylation sites (N-methyl/N-ethyl adjacent to an activating group) is 1. The Morgan fingerprint density at radius 2 is 1.96 bits per heavy atom. The third-order valence-corrected chi connectivity index (χ3v) is 3.54. The van der Waals surface area contributed by atoms with Crippen molar-refractivity contribution >= 4 is 17.8 Å². The highest BCUT2D eigenvalue weighted by Gasteiger charge is 2.24. The van der Waals surface area contributed by atoms with Crippen LogP contribution in [0.2, 0.25) is 0 Å². The summed E-state index contributed by atoms with van der Waals surface area (Å²) in [5.74, 6) is -1.41. The van der Waals surface area contributed by atoms with Gasteiger partial charge in [0.25, 0.3) is 0 Å². The van der Waals surface area contributed by atoms with Gasteiger partial charge in [-0.15, -0.1) is 0 Å². The molecule has 0 aliphatic heterocycles. The topological polar surface area (TPSA) is 75.7 Å². The van der Waals surface area contributed by atoms with Gasteiger partial charge in [-0.2, -0.15) is 0 Å². The summed E-state index contributed by atoms with van der Waals surface area (Å²) in [6.45, 7) is 7.06. The zero-order valence-electron chi connectivity index (χ0n) is 13.9. The van der Waals surface area contributed by atoms with Crippen LogP contribution in [-0.4, -0.2) is 43.4 Å². The number of carbonyl (C=O) groups excluding carboxylic acids is 3. The van der Waals surface area contributed by atoms with Gasteiger partial charge in [0, 0.05) is 7.05 Å². The number of hydrogen-bond donors (Lipinski definition) is 1. The lowest BCUT2D eigenvalue weighted by Crippen LogP contribution is -2.41. The van der Waals surface area contributed by atoms with Crippen molar-refractivity contribution in [3.63, 3.8) is 0 Å². The van der Waals surface area contributed by atoms with Gasteiger partial charge in [0.15, 0.2) is 6.04 Å². The number of nitrogens with zero attached hydrogens (tertiary/aromatic N) is 1. The van der Waals surface area contributed by atoms with E-state index in [9.17, 15) is 14.4 Å². The first-order valence-electron chi connectivity index (χ1n) is 7.12. The smallest absolute Gasteiger partial charge is 0.333 e. The van der Waals surface area contributed by atoms with E-state index in [0.717, 1.165) is 17.2 Å². The van der Waals surface area contributed by atoms with Crippen LogP contribution in [-0.2, 0) is 19.1 Å². The van der Waals surface area contributed by atoms with Crippen LogP contribution < -0.4 is 5.32 Å². The molecule has 1 N–H and O–H groups in total. The Morgan fingerprint density at radius 1 is 1.30 bits per heavy atom. The average Bonchev–Trinajstić information content (AvgIpc) is 2.53. The monoisotopic (exact) mass is 318 g/mol. The summed E-state index contributed by atoms with van der Waals surface area (Å²) in [5.41, 5.74) is 2.72. The average molecular weight is 318 g/mol. The maximum atomic E-state index is 12.1. The van der Waals surface area contributed by atoms with Crippen molar-refractivity contribution in [2.24, 2.45) is 0 Å². The maximum absolute atomic E-state index is 12.1. The van der Waals surface area contributed by atoms with Gasteiger partial charge < -0.3 is 15.0 Å². The number of aryl methyl sites for hydroxylation is 2. The van der Waals surface area contributed by atoms with Crippen molar-refractivity contribution in [1.82, 2.24) is 10.2 Å². The summed E-state index contributed by atoms with van der Waals surface area (Å²) in [4.78, 5) is 36.7. The van der Waals surface area contributed by atoms with E-state index in [0.29, 0.717) is 5.56 Å². The zero-order chi connectivity index (χ0) is 17.6. The normalized spacial score (nSPS) is 11.3. The number of rotatable bonds is 6. The van der Waals surface area contributed by atoms with E-state index in [-0.39, 0.29) is 12.5 Å². The second kappa shape index (κ2) is 8.12. The summed E-state index contributed by atoms with van der Waals surface area (Å²) in [5, 5.41) is 2.60. The number of methoxy groups -OCH3 is 1. The minimum Gasteiger partial charge on any atom is -0.467 e. The van der Waals surface area contributed by atoms with Gasteiger partial charge in [0.05, 0.1) is 13.7 Å². The standard InChI is InChI=1S/C17H22N2O4/c1-6-15(21)19(4)10-14(20)18-16(17(22)23-5)13-8-7-11(2)12(3)9-13/h6-9,16H,1,10H2,2-5H3,(H,18,20). The Balaban J connectivity index is 2.93. The van der Waals surface area contributed by atoms with Crippen LogP contribution >= 0.6 is 0 Å². The fourth-order valence-corrected chi connectivity index (χ4v) is 2.00. The second-order valence-electron chi connectivity index (χ2n) is 5.27. The van der Waals surface area contributed by atoms with Crippen molar-refractivity contribution in [1.29, 1.82) is 0 Å². The molecule has 6 heteroatoms. The van der Waals surface area contributed by atoms with Crippen molar-refractivity contribution in [2.75, 3.05) is 20.7 Å². The first-order chi connectivity index (χ1) is 10.8. The largest absolute Gasteiger partial charge is 0.467 e. The molecule has 0 aliphatic rings. The number of amides is 2. The summed E-state index contributed by atoms with van der Waals surface area (Å²) < 4.78 is 4.76. The number of carbonyl (C=O) groups is 3. The third kappa shape index (κ3) is 4.95. The summed E-state index contributed by atoms with van der Waals surface area (Å²) in [7, 11) is 2.74. The van der Waals surface area contributed by atoms with Gasteiger partial charge in [-0.1, -0.05) is 24.8 Å². The molecular formula is C17H22N2O4. The Hall–Kier alpha value is -2.63. The number of hydrogen-bond acceptors (Lipinski definition) is 4. The Labute approximate surface area is 136 Å². The van der Waals surface area contributed by atoms with Crippen LogP contribution in [0.1, 0.15) is 22.7 Å². The lowest BCUT2D eigenvalue weighted by atomic mass is 10.0. The molecule has 1 rings (SSSR count). The van der Waals surface area contributed by atoms with Crippen molar-refractivity contribution in [3.05, 3.63) is 47.5 Å². The van der Waals surface area contributed by atoms with Crippen molar-refractivity contribution < 1.29 is 19.1 Å². The fraction of sp³-hybridized carbons (Fsp3) is 0.353. The third-order valence-electron chi connectivity index (χ3n) is 3.54. The summed E-state index contributed by atoms with van der Waals surface area (Å²) in [6, 6.07) is 4.55. The molecule has 0 spiro atoms. The minimum absolute atomic E-state index is 0.177. The summed E-state index contributed by atoms with van der Waals surface area (Å²) in [6.07, 6.45) is 1.12. The molecule has 0 aromatic heterocycles. The minimum atomic E-state index is -0.918. The highest BCUT2D eigenvalue weighted by Crippen LogP contribution is 2.18. The maximum Gasteiger partial charge on any atom is 0.333 e. The van der Waals surface area contributed by atoms with Gasteiger partial charge in [-0.3, -0.25) is 9.59 Å². The van der Waals surface area contributed by atoms with E-state index in [1.807, 2.05) is 26.0 Å². The quantitative estimate of drug-likeness (QED) is 0.633. The van der Waals surface area contributed by atoms with Gasteiger partial charge in [0.1, 0.15) is 0 Å².